The standard InChI is InChI=1S/C35H42N6O5S/c1-3-41-47(45,46)31-9-5-8-28(18-31)21-40-35(44)29-12-10-25(11-13-29)20-39-34(43)19-27-7-4-6-26(17-27)16-24(2)37-23-32(42)30-14-15-33(36)38-22-30/h4-15,17-18,22,24,32,37,41-42H,3,16,19-21,23H2,1-2H3,(H2,36,38)(H,39,43)(H,40,44)/t24-,32+/m1/s1. The highest BCUT2D eigenvalue weighted by atomic mass is 32.2. The normalized spacial score (nSPS) is 12.7. The molecule has 1 heterocycles. The second-order valence-corrected chi connectivity index (χ2v) is 13.1. The molecule has 0 fully saturated rings. The van der Waals surface area contributed by atoms with Gasteiger partial charge in [-0.3, -0.25) is 9.59 Å². The molecule has 0 unspecified atom stereocenters. The van der Waals surface area contributed by atoms with Crippen LogP contribution in [0.25, 0.3) is 0 Å². The van der Waals surface area contributed by atoms with Crippen molar-refractivity contribution in [3.05, 3.63) is 125 Å². The van der Waals surface area contributed by atoms with Crippen molar-refractivity contribution in [1.82, 2.24) is 25.7 Å². The number of carbonyl (C=O) groups is 2. The molecule has 4 rings (SSSR count). The molecule has 0 bridgehead atoms. The maximum Gasteiger partial charge on any atom is 0.251 e. The Bertz CT molecular complexity index is 1750. The van der Waals surface area contributed by atoms with Gasteiger partial charge in [0.15, 0.2) is 0 Å². The lowest BCUT2D eigenvalue weighted by Gasteiger charge is -2.18. The maximum atomic E-state index is 12.7. The lowest BCUT2D eigenvalue weighted by atomic mass is 10.0. The number of rotatable bonds is 16. The molecule has 1 aromatic heterocycles. The van der Waals surface area contributed by atoms with E-state index < -0.39 is 16.1 Å². The Hall–Kier alpha value is -4.62. The van der Waals surface area contributed by atoms with Gasteiger partial charge in [-0.2, -0.15) is 0 Å². The van der Waals surface area contributed by atoms with Crippen LogP contribution in [0.3, 0.4) is 0 Å². The highest BCUT2D eigenvalue weighted by Gasteiger charge is 2.14. The molecule has 2 atom stereocenters. The van der Waals surface area contributed by atoms with Gasteiger partial charge in [-0.1, -0.05) is 61.5 Å². The number of amides is 2. The van der Waals surface area contributed by atoms with Crippen molar-refractivity contribution < 1.29 is 23.1 Å². The van der Waals surface area contributed by atoms with Crippen LogP contribution in [-0.2, 0) is 40.7 Å². The van der Waals surface area contributed by atoms with E-state index in [1.54, 1.807) is 61.7 Å². The molecule has 0 aliphatic rings. The summed E-state index contributed by atoms with van der Waals surface area (Å²) in [5.41, 5.74) is 10.3. The number of nitrogen functional groups attached to an aromatic ring is 1. The predicted molar refractivity (Wildman–Crippen MR) is 182 cm³/mol. The van der Waals surface area contributed by atoms with Crippen LogP contribution in [-0.4, -0.2) is 49.5 Å². The van der Waals surface area contributed by atoms with Gasteiger partial charge in [-0.15, -0.1) is 0 Å². The number of hydrogen-bond donors (Lipinski definition) is 6. The Morgan fingerprint density at radius 1 is 0.872 bits per heavy atom. The predicted octanol–water partition coefficient (Wildman–Crippen LogP) is 3.01. The Morgan fingerprint density at radius 3 is 2.30 bits per heavy atom. The smallest absolute Gasteiger partial charge is 0.251 e. The number of pyridine rings is 1. The number of nitrogens with zero attached hydrogens (tertiary/aromatic N) is 1. The summed E-state index contributed by atoms with van der Waals surface area (Å²) < 4.78 is 27.0. The van der Waals surface area contributed by atoms with E-state index in [1.165, 1.54) is 12.1 Å². The number of sulfonamides is 1. The summed E-state index contributed by atoms with van der Waals surface area (Å²) in [5.74, 6) is 0.000238. The second kappa shape index (κ2) is 16.8. The summed E-state index contributed by atoms with van der Waals surface area (Å²) in [4.78, 5) is 29.5. The van der Waals surface area contributed by atoms with Crippen LogP contribution in [0.2, 0.25) is 0 Å². The van der Waals surface area contributed by atoms with Crippen molar-refractivity contribution in [2.24, 2.45) is 0 Å². The quantitative estimate of drug-likeness (QED) is 0.107. The van der Waals surface area contributed by atoms with Crippen LogP contribution in [0.4, 0.5) is 5.82 Å². The number of aliphatic hydroxyl groups is 1. The lowest BCUT2D eigenvalue weighted by Crippen LogP contribution is -2.32. The van der Waals surface area contributed by atoms with Crippen molar-refractivity contribution in [2.75, 3.05) is 18.8 Å². The molecule has 3 aromatic carbocycles. The van der Waals surface area contributed by atoms with E-state index in [-0.39, 0.29) is 42.3 Å². The van der Waals surface area contributed by atoms with Crippen LogP contribution in [0, 0.1) is 0 Å². The zero-order valence-corrected chi connectivity index (χ0v) is 27.4. The van der Waals surface area contributed by atoms with E-state index in [9.17, 15) is 23.1 Å². The van der Waals surface area contributed by atoms with Crippen molar-refractivity contribution in [3.8, 4) is 0 Å². The van der Waals surface area contributed by atoms with E-state index in [0.717, 1.165) is 23.1 Å². The molecule has 4 aromatic rings. The van der Waals surface area contributed by atoms with Gasteiger partial charge in [0.2, 0.25) is 15.9 Å². The molecule has 0 saturated heterocycles. The molecule has 47 heavy (non-hydrogen) atoms. The fourth-order valence-electron chi connectivity index (χ4n) is 4.94. The van der Waals surface area contributed by atoms with Crippen LogP contribution in [0.1, 0.15) is 58.1 Å². The average molecular weight is 659 g/mol. The van der Waals surface area contributed by atoms with E-state index in [1.807, 2.05) is 31.2 Å². The van der Waals surface area contributed by atoms with Gasteiger partial charge in [0, 0.05) is 49.5 Å². The number of carbonyl (C=O) groups excluding carboxylic acids is 2. The van der Waals surface area contributed by atoms with Gasteiger partial charge in [0.05, 0.1) is 17.4 Å². The van der Waals surface area contributed by atoms with Gasteiger partial charge >= 0.3 is 0 Å². The molecular formula is C35H42N6O5S. The lowest BCUT2D eigenvalue weighted by molar-refractivity contribution is -0.120. The first kappa shape index (κ1) is 35.2. The highest BCUT2D eigenvalue weighted by molar-refractivity contribution is 7.89. The molecule has 0 radical (unpaired) electrons. The van der Waals surface area contributed by atoms with Gasteiger partial charge in [-0.05, 0) is 65.9 Å². The third-order valence-corrected chi connectivity index (χ3v) is 9.00. The van der Waals surface area contributed by atoms with Gasteiger partial charge in [-0.25, -0.2) is 18.1 Å². The molecule has 0 saturated carbocycles. The summed E-state index contributed by atoms with van der Waals surface area (Å²) in [7, 11) is -3.58. The summed E-state index contributed by atoms with van der Waals surface area (Å²) >= 11 is 0. The topological polar surface area (TPSA) is 176 Å². The molecular weight excluding hydrogens is 616 g/mol. The number of benzene rings is 3. The minimum absolute atomic E-state index is 0.0960. The first-order valence-corrected chi connectivity index (χ1v) is 16.9. The molecule has 11 nitrogen and oxygen atoms in total. The fraction of sp³-hybridized carbons (Fsp3) is 0.286. The first-order chi connectivity index (χ1) is 22.5. The molecule has 2 amide bonds. The number of anilines is 1. The summed E-state index contributed by atoms with van der Waals surface area (Å²) in [6.45, 7) is 4.91. The van der Waals surface area contributed by atoms with Crippen molar-refractivity contribution in [1.29, 1.82) is 0 Å². The molecule has 0 aliphatic heterocycles. The van der Waals surface area contributed by atoms with Crippen LogP contribution in [0.15, 0.2) is 96.0 Å². The van der Waals surface area contributed by atoms with Crippen molar-refractivity contribution in [3.63, 3.8) is 0 Å². The Labute approximate surface area is 276 Å². The van der Waals surface area contributed by atoms with E-state index in [4.69, 9.17) is 5.73 Å². The van der Waals surface area contributed by atoms with Gasteiger partial charge in [0.1, 0.15) is 5.82 Å². The van der Waals surface area contributed by atoms with Crippen LogP contribution in [0.5, 0.6) is 0 Å². The minimum atomic E-state index is -3.58. The number of nitrogens with two attached hydrogens (primary N) is 1. The molecule has 0 aliphatic carbocycles. The number of aliphatic hydroxyl groups excluding tert-OH is 1. The highest BCUT2D eigenvalue weighted by Crippen LogP contribution is 2.14. The Kier molecular flexibility index (Phi) is 12.6. The van der Waals surface area contributed by atoms with E-state index >= 15 is 0 Å². The molecule has 0 spiro atoms. The van der Waals surface area contributed by atoms with Crippen molar-refractivity contribution in [2.45, 2.75) is 56.8 Å². The van der Waals surface area contributed by atoms with Crippen LogP contribution < -0.4 is 26.4 Å². The second-order valence-electron chi connectivity index (χ2n) is 11.3. The third-order valence-electron chi connectivity index (χ3n) is 7.45. The van der Waals surface area contributed by atoms with E-state index in [0.29, 0.717) is 35.6 Å². The Balaban J connectivity index is 1.20. The summed E-state index contributed by atoms with van der Waals surface area (Å²) in [5, 5.41) is 19.5. The minimum Gasteiger partial charge on any atom is -0.387 e. The number of hydrogen-bond acceptors (Lipinski definition) is 8. The number of aromatic nitrogens is 1. The van der Waals surface area contributed by atoms with Gasteiger partial charge < -0.3 is 26.8 Å². The van der Waals surface area contributed by atoms with Crippen molar-refractivity contribution >= 4 is 27.7 Å². The SMILES string of the molecule is CCNS(=O)(=O)c1cccc(CNC(=O)c2ccc(CNC(=O)Cc3cccc(C[C@@H](C)NC[C@H](O)c4ccc(N)nc4)c3)cc2)c1. The Morgan fingerprint density at radius 2 is 1.57 bits per heavy atom. The van der Waals surface area contributed by atoms with Gasteiger partial charge in [0.25, 0.3) is 5.91 Å². The molecule has 248 valence electrons. The largest absolute Gasteiger partial charge is 0.387 e. The maximum absolute atomic E-state index is 12.7. The third kappa shape index (κ3) is 11.0. The zero-order valence-electron chi connectivity index (χ0n) is 26.6. The number of nitrogens with one attached hydrogen (secondary N) is 4. The molecule has 7 N–H and O–H groups in total. The van der Waals surface area contributed by atoms with Crippen LogP contribution >= 0.6 is 0 Å². The van der Waals surface area contributed by atoms with E-state index in [2.05, 4.69) is 25.7 Å². The summed E-state index contributed by atoms with van der Waals surface area (Å²) in [6.07, 6.45) is 1.84. The monoisotopic (exact) mass is 658 g/mol. The average Bonchev–Trinajstić information content (AvgIpc) is 3.06. The fourth-order valence-corrected chi connectivity index (χ4v) is 6.05. The summed E-state index contributed by atoms with van der Waals surface area (Å²) in [6, 6.07) is 24.8. The zero-order chi connectivity index (χ0) is 33.8. The first-order valence-electron chi connectivity index (χ1n) is 15.5. The molecule has 12 heteroatoms.